The summed E-state index contributed by atoms with van der Waals surface area (Å²) in [5.41, 5.74) is 2.02. The number of hydrogen-bond acceptors (Lipinski definition) is 4. The van der Waals surface area contributed by atoms with Crippen LogP contribution >= 0.6 is 0 Å². The topological polar surface area (TPSA) is 68.3 Å². The SMILES string of the molecule is CN(Cc1ccnn1C)C(=O)c1cnn2cccnc12. The first-order valence-corrected chi connectivity index (χ1v) is 6.17. The number of aromatic nitrogens is 5. The highest BCUT2D eigenvalue weighted by atomic mass is 16.2. The largest absolute Gasteiger partial charge is 0.336 e. The van der Waals surface area contributed by atoms with E-state index in [9.17, 15) is 4.79 Å². The maximum Gasteiger partial charge on any atom is 0.259 e. The number of carbonyl (C=O) groups is 1. The van der Waals surface area contributed by atoms with Crippen molar-refractivity contribution in [2.45, 2.75) is 6.54 Å². The van der Waals surface area contributed by atoms with Gasteiger partial charge in [0, 0.05) is 32.7 Å². The van der Waals surface area contributed by atoms with Crippen LogP contribution in [0.1, 0.15) is 16.1 Å². The van der Waals surface area contributed by atoms with Crippen LogP contribution in [0.3, 0.4) is 0 Å². The number of rotatable bonds is 3. The van der Waals surface area contributed by atoms with Crippen LogP contribution in [0.5, 0.6) is 0 Å². The molecule has 0 fully saturated rings. The minimum atomic E-state index is -0.111. The summed E-state index contributed by atoms with van der Waals surface area (Å²) in [6.07, 6.45) is 6.67. The third-order valence-electron chi connectivity index (χ3n) is 3.18. The van der Waals surface area contributed by atoms with E-state index in [2.05, 4.69) is 15.2 Å². The Balaban J connectivity index is 1.87. The lowest BCUT2D eigenvalue weighted by Gasteiger charge is -2.16. The average molecular weight is 270 g/mol. The van der Waals surface area contributed by atoms with E-state index in [4.69, 9.17) is 0 Å². The Morgan fingerprint density at radius 3 is 2.95 bits per heavy atom. The van der Waals surface area contributed by atoms with Gasteiger partial charge in [0.05, 0.1) is 18.4 Å². The molecule has 0 aromatic carbocycles. The summed E-state index contributed by atoms with van der Waals surface area (Å²) in [4.78, 5) is 18.3. The number of amides is 1. The fourth-order valence-corrected chi connectivity index (χ4v) is 2.05. The van der Waals surface area contributed by atoms with Crippen molar-refractivity contribution in [3.05, 3.63) is 48.2 Å². The van der Waals surface area contributed by atoms with E-state index >= 15 is 0 Å². The van der Waals surface area contributed by atoms with Gasteiger partial charge in [0.25, 0.3) is 5.91 Å². The van der Waals surface area contributed by atoms with Gasteiger partial charge in [0.1, 0.15) is 5.56 Å². The maximum atomic E-state index is 12.5. The van der Waals surface area contributed by atoms with Gasteiger partial charge in [-0.2, -0.15) is 10.2 Å². The predicted molar refractivity (Wildman–Crippen MR) is 72.0 cm³/mol. The van der Waals surface area contributed by atoms with Crippen LogP contribution in [0.15, 0.2) is 36.9 Å². The maximum absolute atomic E-state index is 12.5. The van der Waals surface area contributed by atoms with E-state index in [0.29, 0.717) is 17.8 Å². The molecule has 0 unspecified atom stereocenters. The standard InChI is InChI=1S/C13H14N6O/c1-17(9-10-4-6-15-18(10)2)13(20)11-8-16-19-7-3-5-14-12(11)19/h3-8H,9H2,1-2H3. The quantitative estimate of drug-likeness (QED) is 0.703. The number of aryl methyl sites for hydroxylation is 1. The Kier molecular flexibility index (Phi) is 2.94. The number of nitrogens with zero attached hydrogens (tertiary/aromatic N) is 6. The second-order valence-electron chi connectivity index (χ2n) is 4.55. The van der Waals surface area contributed by atoms with E-state index in [0.717, 1.165) is 5.69 Å². The van der Waals surface area contributed by atoms with Gasteiger partial charge in [0.15, 0.2) is 5.65 Å². The van der Waals surface area contributed by atoms with Gasteiger partial charge in [0.2, 0.25) is 0 Å². The zero-order valence-electron chi connectivity index (χ0n) is 11.3. The van der Waals surface area contributed by atoms with Crippen molar-refractivity contribution in [2.75, 3.05) is 7.05 Å². The first kappa shape index (κ1) is 12.3. The Morgan fingerprint density at radius 2 is 2.20 bits per heavy atom. The van der Waals surface area contributed by atoms with Gasteiger partial charge in [-0.05, 0) is 12.1 Å². The lowest BCUT2D eigenvalue weighted by atomic mass is 10.3. The molecule has 0 saturated heterocycles. The van der Waals surface area contributed by atoms with Gasteiger partial charge >= 0.3 is 0 Å². The molecule has 3 aromatic heterocycles. The first-order valence-electron chi connectivity index (χ1n) is 6.17. The monoisotopic (exact) mass is 270 g/mol. The van der Waals surface area contributed by atoms with Gasteiger partial charge in [-0.1, -0.05) is 0 Å². The van der Waals surface area contributed by atoms with Crippen LogP contribution in [-0.4, -0.2) is 42.2 Å². The van der Waals surface area contributed by atoms with E-state index in [1.54, 1.807) is 52.0 Å². The number of carbonyl (C=O) groups excluding carboxylic acids is 1. The average Bonchev–Trinajstić information content (AvgIpc) is 3.05. The van der Waals surface area contributed by atoms with Crippen molar-refractivity contribution < 1.29 is 4.79 Å². The zero-order valence-corrected chi connectivity index (χ0v) is 11.3. The van der Waals surface area contributed by atoms with E-state index in [1.165, 1.54) is 0 Å². The molecular weight excluding hydrogens is 256 g/mol. The molecule has 0 aliphatic rings. The highest BCUT2D eigenvalue weighted by molar-refractivity contribution is 5.99. The molecule has 0 N–H and O–H groups in total. The van der Waals surface area contributed by atoms with E-state index < -0.39 is 0 Å². The fraction of sp³-hybridized carbons (Fsp3) is 0.231. The third kappa shape index (κ3) is 2.03. The molecule has 0 saturated carbocycles. The molecule has 102 valence electrons. The Labute approximate surface area is 115 Å². The molecule has 0 aliphatic carbocycles. The molecule has 20 heavy (non-hydrogen) atoms. The number of fused-ring (bicyclic) bond motifs is 1. The first-order chi connectivity index (χ1) is 9.66. The molecule has 7 heteroatoms. The summed E-state index contributed by atoms with van der Waals surface area (Å²) in [5, 5.41) is 8.22. The van der Waals surface area contributed by atoms with Crippen LogP contribution in [0.25, 0.3) is 5.65 Å². The summed E-state index contributed by atoms with van der Waals surface area (Å²) in [7, 11) is 3.60. The molecule has 3 heterocycles. The molecule has 3 rings (SSSR count). The molecule has 0 bridgehead atoms. The smallest absolute Gasteiger partial charge is 0.259 e. The summed E-state index contributed by atoms with van der Waals surface area (Å²) in [5.74, 6) is -0.111. The van der Waals surface area contributed by atoms with Crippen LogP contribution in [0, 0.1) is 0 Å². The highest BCUT2D eigenvalue weighted by Gasteiger charge is 2.18. The summed E-state index contributed by atoms with van der Waals surface area (Å²) < 4.78 is 3.34. The lowest BCUT2D eigenvalue weighted by molar-refractivity contribution is 0.0783. The molecule has 7 nitrogen and oxygen atoms in total. The van der Waals surface area contributed by atoms with E-state index in [1.807, 2.05) is 13.1 Å². The minimum Gasteiger partial charge on any atom is -0.336 e. The van der Waals surface area contributed by atoms with Crippen molar-refractivity contribution in [2.24, 2.45) is 7.05 Å². The van der Waals surface area contributed by atoms with Crippen LogP contribution in [-0.2, 0) is 13.6 Å². The van der Waals surface area contributed by atoms with Gasteiger partial charge in [-0.25, -0.2) is 9.50 Å². The molecule has 0 aliphatic heterocycles. The molecule has 1 amide bonds. The fourth-order valence-electron chi connectivity index (χ4n) is 2.05. The summed E-state index contributed by atoms with van der Waals surface area (Å²) in [6, 6.07) is 3.66. The molecule has 3 aromatic rings. The van der Waals surface area contributed by atoms with Crippen LogP contribution in [0.4, 0.5) is 0 Å². The second-order valence-corrected chi connectivity index (χ2v) is 4.55. The molecule has 0 spiro atoms. The van der Waals surface area contributed by atoms with Crippen molar-refractivity contribution >= 4 is 11.6 Å². The predicted octanol–water partition coefficient (Wildman–Crippen LogP) is 0.735. The van der Waals surface area contributed by atoms with Crippen molar-refractivity contribution in [3.8, 4) is 0 Å². The van der Waals surface area contributed by atoms with Crippen molar-refractivity contribution in [1.82, 2.24) is 29.3 Å². The van der Waals surface area contributed by atoms with Gasteiger partial charge in [-0.3, -0.25) is 9.48 Å². The normalized spacial score (nSPS) is 10.9. The zero-order chi connectivity index (χ0) is 14.1. The summed E-state index contributed by atoms with van der Waals surface area (Å²) >= 11 is 0. The van der Waals surface area contributed by atoms with Crippen molar-refractivity contribution in [1.29, 1.82) is 0 Å². The molecular formula is C13H14N6O. The number of hydrogen-bond donors (Lipinski definition) is 0. The third-order valence-corrected chi connectivity index (χ3v) is 3.18. The minimum absolute atomic E-state index is 0.111. The lowest BCUT2D eigenvalue weighted by Crippen LogP contribution is -2.27. The highest BCUT2D eigenvalue weighted by Crippen LogP contribution is 2.11. The molecule has 0 atom stereocenters. The van der Waals surface area contributed by atoms with E-state index in [-0.39, 0.29) is 5.91 Å². The molecule has 0 radical (unpaired) electrons. The Hall–Kier alpha value is -2.70. The van der Waals surface area contributed by atoms with Gasteiger partial charge < -0.3 is 4.90 Å². The Morgan fingerprint density at radius 1 is 1.35 bits per heavy atom. The second kappa shape index (κ2) is 4.76. The van der Waals surface area contributed by atoms with Crippen LogP contribution in [0.2, 0.25) is 0 Å². The summed E-state index contributed by atoms with van der Waals surface area (Å²) in [6.45, 7) is 0.486. The van der Waals surface area contributed by atoms with Gasteiger partial charge in [-0.15, -0.1) is 0 Å². The van der Waals surface area contributed by atoms with Crippen LogP contribution < -0.4 is 0 Å². The Bertz CT molecular complexity index is 759. The van der Waals surface area contributed by atoms with Crippen molar-refractivity contribution in [3.63, 3.8) is 0 Å².